The van der Waals surface area contributed by atoms with Crippen molar-refractivity contribution in [3.63, 3.8) is 0 Å². The van der Waals surface area contributed by atoms with Crippen molar-refractivity contribution in [2.75, 3.05) is 9.80 Å². The molecule has 4 heteroatoms. The summed E-state index contributed by atoms with van der Waals surface area (Å²) >= 11 is 1.89. The molecule has 2 heterocycles. The molecule has 2 aromatic heterocycles. The lowest BCUT2D eigenvalue weighted by Crippen LogP contribution is -2.13. The van der Waals surface area contributed by atoms with Gasteiger partial charge in [-0.1, -0.05) is 176 Å². The summed E-state index contributed by atoms with van der Waals surface area (Å²) in [6.07, 6.45) is 0. The van der Waals surface area contributed by atoms with Crippen LogP contribution in [0.25, 0.3) is 81.0 Å². The second-order valence-corrected chi connectivity index (χ2v) is 18.8. The molecule has 0 fully saturated rings. The Hall–Kier alpha value is -8.96. The van der Waals surface area contributed by atoms with E-state index in [4.69, 9.17) is 0 Å². The molecule has 330 valence electrons. The second kappa shape index (κ2) is 17.6. The van der Waals surface area contributed by atoms with Crippen molar-refractivity contribution in [1.29, 1.82) is 0 Å². The largest absolute Gasteiger partial charge is 0.310 e. The summed E-state index contributed by atoms with van der Waals surface area (Å²) in [5.41, 5.74) is 17.1. The molecule has 13 rings (SSSR count). The van der Waals surface area contributed by atoms with Crippen LogP contribution in [-0.2, 0) is 0 Å². The van der Waals surface area contributed by atoms with Gasteiger partial charge in [0.15, 0.2) is 0 Å². The molecular weight excluding hydrogens is 867 g/mol. The van der Waals surface area contributed by atoms with Crippen LogP contribution < -0.4 is 9.80 Å². The third-order valence-electron chi connectivity index (χ3n) is 13.5. The van der Waals surface area contributed by atoms with Gasteiger partial charge in [-0.3, -0.25) is 0 Å². The third-order valence-corrected chi connectivity index (χ3v) is 14.7. The SMILES string of the molecule is c1ccc(-c2ccc(N(c3ccccc3)c3cc(-c4ccc(-c5cc6c7ccccc7n(-c7ccccc7)c6c6c5sc5ccccc56)cc4)cc(N(c4ccccc4)c4ccccc4)c3)cc2)cc1. The molecule has 0 saturated carbocycles. The number of nitrogens with zero attached hydrogens (tertiary/aromatic N) is 3. The van der Waals surface area contributed by atoms with Gasteiger partial charge in [0.1, 0.15) is 0 Å². The lowest BCUT2D eigenvalue weighted by Gasteiger charge is -2.30. The Balaban J connectivity index is 1.00. The average molecular weight is 912 g/mol. The lowest BCUT2D eigenvalue weighted by molar-refractivity contribution is 1.19. The fraction of sp³-hybridized carbons (Fsp3) is 0. The summed E-state index contributed by atoms with van der Waals surface area (Å²) in [6.45, 7) is 0. The van der Waals surface area contributed by atoms with E-state index in [2.05, 4.69) is 287 Å². The minimum Gasteiger partial charge on any atom is -0.310 e. The Bertz CT molecular complexity index is 3920. The van der Waals surface area contributed by atoms with Gasteiger partial charge in [0.2, 0.25) is 0 Å². The summed E-state index contributed by atoms with van der Waals surface area (Å²) in [5, 5.41) is 5.09. The van der Waals surface area contributed by atoms with Crippen molar-refractivity contribution in [2.45, 2.75) is 0 Å². The Morgan fingerprint density at radius 2 is 0.743 bits per heavy atom. The summed E-state index contributed by atoms with van der Waals surface area (Å²) in [6, 6.07) is 98.9. The van der Waals surface area contributed by atoms with Gasteiger partial charge in [-0.15, -0.1) is 11.3 Å². The predicted octanol–water partition coefficient (Wildman–Crippen LogP) is 19.1. The molecule has 0 aliphatic carbocycles. The maximum Gasteiger partial charge on any atom is 0.0634 e. The number of thiophene rings is 1. The van der Waals surface area contributed by atoms with Crippen LogP contribution in [0.2, 0.25) is 0 Å². The normalized spacial score (nSPS) is 11.4. The van der Waals surface area contributed by atoms with Crippen LogP contribution in [0.3, 0.4) is 0 Å². The number of para-hydroxylation sites is 5. The standard InChI is InChI=1S/C66H45N3S/c1-6-20-46(21-7-1)47-38-40-55(41-39-47)68(53-26-12-4-13-27-53)57-43-50(42-56(44-57)67(51-22-8-2-9-23-51)52-24-10-3-11-25-52)48-34-36-49(37-35-48)60-45-61-58-30-16-18-32-62(58)69(54-28-14-5-15-29-54)65(61)64-59-31-17-19-33-63(59)70-66(60)64/h1-45H. The number of anilines is 6. The molecule has 0 N–H and O–H groups in total. The van der Waals surface area contributed by atoms with Gasteiger partial charge in [0, 0.05) is 76.3 Å². The Morgan fingerprint density at radius 3 is 1.34 bits per heavy atom. The molecule has 0 spiro atoms. The summed E-state index contributed by atoms with van der Waals surface area (Å²) in [4.78, 5) is 4.74. The van der Waals surface area contributed by atoms with Gasteiger partial charge < -0.3 is 14.4 Å². The van der Waals surface area contributed by atoms with Gasteiger partial charge in [0.25, 0.3) is 0 Å². The van der Waals surface area contributed by atoms with Crippen LogP contribution in [0.4, 0.5) is 34.1 Å². The van der Waals surface area contributed by atoms with Crippen LogP contribution in [-0.4, -0.2) is 4.57 Å². The molecular formula is C66H45N3S. The van der Waals surface area contributed by atoms with Gasteiger partial charge >= 0.3 is 0 Å². The zero-order chi connectivity index (χ0) is 46.4. The topological polar surface area (TPSA) is 11.4 Å². The third kappa shape index (κ3) is 7.30. The van der Waals surface area contributed by atoms with Crippen molar-refractivity contribution in [2.24, 2.45) is 0 Å². The van der Waals surface area contributed by atoms with E-state index in [0.717, 1.165) is 50.9 Å². The molecule has 0 aliphatic heterocycles. The molecule has 0 unspecified atom stereocenters. The summed E-state index contributed by atoms with van der Waals surface area (Å²) in [5.74, 6) is 0. The monoisotopic (exact) mass is 911 g/mol. The van der Waals surface area contributed by atoms with E-state index in [1.165, 1.54) is 64.2 Å². The highest BCUT2D eigenvalue weighted by Crippen LogP contribution is 2.49. The molecule has 0 saturated heterocycles. The highest BCUT2D eigenvalue weighted by Gasteiger charge is 2.23. The first-order chi connectivity index (χ1) is 34.7. The molecule has 0 bridgehead atoms. The van der Waals surface area contributed by atoms with E-state index in [-0.39, 0.29) is 0 Å². The minimum atomic E-state index is 1.05. The van der Waals surface area contributed by atoms with E-state index >= 15 is 0 Å². The van der Waals surface area contributed by atoms with Gasteiger partial charge in [-0.05, 0) is 125 Å². The average Bonchev–Trinajstić information content (AvgIpc) is 3.99. The number of benzene rings is 11. The maximum atomic E-state index is 2.47. The molecule has 13 aromatic rings. The Labute approximate surface area is 411 Å². The maximum absolute atomic E-state index is 2.47. The highest BCUT2D eigenvalue weighted by atomic mass is 32.1. The Kier molecular flexibility index (Phi) is 10.4. The highest BCUT2D eigenvalue weighted by molar-refractivity contribution is 7.26. The fourth-order valence-electron chi connectivity index (χ4n) is 10.3. The smallest absolute Gasteiger partial charge is 0.0634 e. The second-order valence-electron chi connectivity index (χ2n) is 17.7. The minimum absolute atomic E-state index is 1.05. The number of hydrogen-bond acceptors (Lipinski definition) is 3. The van der Waals surface area contributed by atoms with E-state index < -0.39 is 0 Å². The molecule has 0 amide bonds. The van der Waals surface area contributed by atoms with Crippen molar-refractivity contribution >= 4 is 87.4 Å². The van der Waals surface area contributed by atoms with Crippen molar-refractivity contribution in [3.05, 3.63) is 273 Å². The van der Waals surface area contributed by atoms with Gasteiger partial charge in [-0.2, -0.15) is 0 Å². The van der Waals surface area contributed by atoms with E-state index in [1.54, 1.807) is 0 Å². The van der Waals surface area contributed by atoms with Crippen molar-refractivity contribution in [1.82, 2.24) is 4.57 Å². The van der Waals surface area contributed by atoms with E-state index in [1.807, 2.05) is 11.3 Å². The van der Waals surface area contributed by atoms with Crippen LogP contribution in [0.15, 0.2) is 273 Å². The summed E-state index contributed by atoms with van der Waals surface area (Å²) < 4.78 is 5.05. The van der Waals surface area contributed by atoms with Crippen LogP contribution >= 0.6 is 11.3 Å². The van der Waals surface area contributed by atoms with E-state index in [9.17, 15) is 0 Å². The zero-order valence-electron chi connectivity index (χ0n) is 38.2. The first kappa shape index (κ1) is 41.2. The molecule has 70 heavy (non-hydrogen) atoms. The lowest BCUT2D eigenvalue weighted by atomic mass is 9.96. The fourth-order valence-corrected chi connectivity index (χ4v) is 11.6. The van der Waals surface area contributed by atoms with Crippen LogP contribution in [0.1, 0.15) is 0 Å². The number of aromatic nitrogens is 1. The first-order valence-corrected chi connectivity index (χ1v) is 24.6. The number of hydrogen-bond donors (Lipinski definition) is 0. The molecule has 11 aromatic carbocycles. The Morgan fingerprint density at radius 1 is 0.300 bits per heavy atom. The van der Waals surface area contributed by atoms with Crippen LogP contribution in [0, 0.1) is 0 Å². The number of fused-ring (bicyclic) bond motifs is 7. The zero-order valence-corrected chi connectivity index (χ0v) is 39.0. The molecule has 0 atom stereocenters. The molecule has 0 aliphatic rings. The van der Waals surface area contributed by atoms with Crippen molar-refractivity contribution in [3.8, 4) is 39.1 Å². The van der Waals surface area contributed by atoms with E-state index in [0.29, 0.717) is 0 Å². The predicted molar refractivity (Wildman–Crippen MR) is 299 cm³/mol. The number of rotatable bonds is 10. The summed E-state index contributed by atoms with van der Waals surface area (Å²) in [7, 11) is 0. The molecule has 3 nitrogen and oxygen atoms in total. The van der Waals surface area contributed by atoms with Gasteiger partial charge in [0.05, 0.1) is 11.0 Å². The molecule has 0 radical (unpaired) electrons. The van der Waals surface area contributed by atoms with Crippen LogP contribution in [0.5, 0.6) is 0 Å². The van der Waals surface area contributed by atoms with Crippen molar-refractivity contribution < 1.29 is 0 Å². The first-order valence-electron chi connectivity index (χ1n) is 23.8. The van der Waals surface area contributed by atoms with Gasteiger partial charge in [-0.25, -0.2) is 0 Å². The quantitative estimate of drug-likeness (QED) is 0.135.